The average molecular weight is 370 g/mol. The number of methoxy groups -OCH3 is 1. The van der Waals surface area contributed by atoms with E-state index in [-0.39, 0.29) is 23.3 Å². The molecule has 2 aromatic carbocycles. The number of rotatable bonds is 6. The lowest BCUT2D eigenvalue weighted by molar-refractivity contribution is -0.385. The van der Waals surface area contributed by atoms with Gasteiger partial charge < -0.3 is 9.47 Å². The second kappa shape index (κ2) is 7.75. The number of benzene rings is 2. The topological polar surface area (TPSA) is 90.7 Å². The van der Waals surface area contributed by atoms with Crippen molar-refractivity contribution in [2.24, 2.45) is 5.92 Å². The third kappa shape index (κ3) is 3.78. The number of carbonyl (C=O) groups excluding carboxylic acids is 1. The minimum absolute atomic E-state index is 0.104. The van der Waals surface area contributed by atoms with Gasteiger partial charge in [0, 0.05) is 17.2 Å². The first-order valence-corrected chi connectivity index (χ1v) is 8.80. The lowest BCUT2D eigenvalue weighted by Crippen LogP contribution is -2.42. The lowest BCUT2D eigenvalue weighted by atomic mass is 9.92. The van der Waals surface area contributed by atoms with Crippen molar-refractivity contribution in [2.75, 3.05) is 7.11 Å². The molecule has 0 amide bonds. The highest BCUT2D eigenvalue weighted by atomic mass is 16.6. The molecule has 0 aliphatic carbocycles. The molecule has 7 heteroatoms. The summed E-state index contributed by atoms with van der Waals surface area (Å²) in [4.78, 5) is 23.3. The molecule has 7 nitrogen and oxygen atoms in total. The van der Waals surface area contributed by atoms with E-state index in [1.54, 1.807) is 18.2 Å². The van der Waals surface area contributed by atoms with Crippen molar-refractivity contribution in [1.29, 1.82) is 0 Å². The number of fused-ring (bicyclic) bond motifs is 2. The third-order valence-corrected chi connectivity index (χ3v) is 4.54. The molecule has 0 saturated carbocycles. The molecule has 0 bridgehead atoms. The Kier molecular flexibility index (Phi) is 5.41. The summed E-state index contributed by atoms with van der Waals surface area (Å²) in [6.45, 7) is 4.04. The summed E-state index contributed by atoms with van der Waals surface area (Å²) in [6, 6.07) is 11.2. The Morgan fingerprint density at radius 1 is 1.22 bits per heavy atom. The second-order valence-corrected chi connectivity index (χ2v) is 6.90. The number of esters is 1. The molecule has 0 fully saturated rings. The Balaban J connectivity index is 2.08. The number of nitro groups is 1. The summed E-state index contributed by atoms with van der Waals surface area (Å²) in [5.41, 5.74) is 1.34. The fraction of sp³-hybridized carbons (Fsp3) is 0.350. The van der Waals surface area contributed by atoms with Crippen molar-refractivity contribution in [3.8, 4) is 11.5 Å². The van der Waals surface area contributed by atoms with Gasteiger partial charge in [-0.05, 0) is 18.4 Å². The zero-order chi connectivity index (χ0) is 19.6. The molecule has 0 radical (unpaired) electrons. The quantitative estimate of drug-likeness (QED) is 0.470. The number of nitrogens with one attached hydrogen (secondary N) is 1. The number of para-hydroxylation sites is 2. The molecule has 1 aliphatic rings. The van der Waals surface area contributed by atoms with Gasteiger partial charge in [-0.15, -0.1) is 0 Å². The number of nitro benzene ring substituents is 1. The first kappa shape index (κ1) is 18.8. The maximum absolute atomic E-state index is 12.3. The summed E-state index contributed by atoms with van der Waals surface area (Å²) in [5.74, 6) is 0.637. The van der Waals surface area contributed by atoms with Gasteiger partial charge in [0.1, 0.15) is 11.8 Å². The summed E-state index contributed by atoms with van der Waals surface area (Å²) < 4.78 is 10.8. The van der Waals surface area contributed by atoms with Crippen LogP contribution in [0.5, 0.6) is 11.5 Å². The molecule has 1 unspecified atom stereocenters. The van der Waals surface area contributed by atoms with E-state index in [4.69, 9.17) is 9.47 Å². The summed E-state index contributed by atoms with van der Waals surface area (Å²) in [7, 11) is 1.36. The fourth-order valence-corrected chi connectivity index (χ4v) is 3.34. The smallest absolute Gasteiger partial charge is 0.322 e. The van der Waals surface area contributed by atoms with Gasteiger partial charge in [0.05, 0.1) is 18.1 Å². The van der Waals surface area contributed by atoms with Crippen LogP contribution in [-0.2, 0) is 9.53 Å². The Labute approximate surface area is 157 Å². The van der Waals surface area contributed by atoms with Gasteiger partial charge in [-0.2, -0.15) is 0 Å². The number of hydrogen-bond acceptors (Lipinski definition) is 6. The van der Waals surface area contributed by atoms with Crippen LogP contribution in [0.2, 0.25) is 0 Å². The number of nitrogens with zero attached hydrogens (tertiary/aromatic N) is 1. The van der Waals surface area contributed by atoms with Gasteiger partial charge in [-0.3, -0.25) is 20.2 Å². The highest BCUT2D eigenvalue weighted by molar-refractivity contribution is 5.76. The maximum atomic E-state index is 12.3. The Morgan fingerprint density at radius 2 is 1.93 bits per heavy atom. The summed E-state index contributed by atoms with van der Waals surface area (Å²) in [6.07, 6.45) is 0.580. The molecular formula is C20H22N2O5. The normalized spacial score (nSPS) is 16.1. The van der Waals surface area contributed by atoms with E-state index in [0.29, 0.717) is 17.7 Å². The van der Waals surface area contributed by atoms with Crippen LogP contribution in [0.15, 0.2) is 42.5 Å². The Morgan fingerprint density at radius 3 is 2.59 bits per heavy atom. The van der Waals surface area contributed by atoms with E-state index in [1.165, 1.54) is 13.2 Å². The minimum atomic E-state index is -0.543. The second-order valence-electron chi connectivity index (χ2n) is 6.90. The molecular weight excluding hydrogens is 348 g/mol. The lowest BCUT2D eigenvalue weighted by Gasteiger charge is -2.31. The van der Waals surface area contributed by atoms with Crippen LogP contribution in [0.4, 0.5) is 5.69 Å². The largest absolute Gasteiger partial charge is 0.468 e. The molecule has 0 saturated heterocycles. The number of ether oxygens (including phenoxy) is 2. The molecule has 2 aromatic rings. The van der Waals surface area contributed by atoms with Gasteiger partial charge in [0.15, 0.2) is 0 Å². The molecule has 1 aliphatic heterocycles. The summed E-state index contributed by atoms with van der Waals surface area (Å²) in [5, 5.41) is 14.8. The van der Waals surface area contributed by atoms with Crippen molar-refractivity contribution in [3.05, 3.63) is 63.7 Å². The molecule has 27 heavy (non-hydrogen) atoms. The van der Waals surface area contributed by atoms with Gasteiger partial charge in [0.25, 0.3) is 0 Å². The molecule has 1 N–H and O–H groups in total. The molecule has 0 spiro atoms. The third-order valence-electron chi connectivity index (χ3n) is 4.54. The van der Waals surface area contributed by atoms with Crippen LogP contribution in [0, 0.1) is 16.0 Å². The Bertz CT molecular complexity index is 865. The van der Waals surface area contributed by atoms with E-state index >= 15 is 0 Å². The van der Waals surface area contributed by atoms with E-state index in [9.17, 15) is 14.9 Å². The molecule has 0 aromatic heterocycles. The van der Waals surface area contributed by atoms with E-state index in [1.807, 2.05) is 32.0 Å². The SMILES string of the molecule is COC(=O)[C@H](CC(C)C)NC1c2ccccc2Oc2c1cccc2[N+](=O)[O-]. The molecule has 142 valence electrons. The van der Waals surface area contributed by atoms with E-state index in [2.05, 4.69) is 5.32 Å². The van der Waals surface area contributed by atoms with Crippen LogP contribution in [0.25, 0.3) is 0 Å². The van der Waals surface area contributed by atoms with E-state index < -0.39 is 17.0 Å². The van der Waals surface area contributed by atoms with Crippen molar-refractivity contribution in [1.82, 2.24) is 5.32 Å². The van der Waals surface area contributed by atoms with Crippen LogP contribution < -0.4 is 10.1 Å². The zero-order valence-corrected chi connectivity index (χ0v) is 15.5. The maximum Gasteiger partial charge on any atom is 0.322 e. The van der Waals surface area contributed by atoms with Crippen LogP contribution in [-0.4, -0.2) is 24.0 Å². The Hall–Kier alpha value is -2.93. The van der Waals surface area contributed by atoms with Gasteiger partial charge >= 0.3 is 11.7 Å². The van der Waals surface area contributed by atoms with Crippen LogP contribution in [0.3, 0.4) is 0 Å². The van der Waals surface area contributed by atoms with Gasteiger partial charge in [-0.25, -0.2) is 0 Å². The first-order valence-electron chi connectivity index (χ1n) is 8.80. The zero-order valence-electron chi connectivity index (χ0n) is 15.5. The van der Waals surface area contributed by atoms with Crippen molar-refractivity contribution in [3.63, 3.8) is 0 Å². The molecule has 3 rings (SSSR count). The predicted octanol–water partition coefficient (Wildman–Crippen LogP) is 3.97. The average Bonchev–Trinajstić information content (AvgIpc) is 2.65. The first-order chi connectivity index (χ1) is 12.9. The monoisotopic (exact) mass is 370 g/mol. The summed E-state index contributed by atoms with van der Waals surface area (Å²) >= 11 is 0. The molecule has 1 heterocycles. The fourth-order valence-electron chi connectivity index (χ4n) is 3.34. The van der Waals surface area contributed by atoms with Gasteiger partial charge in [-0.1, -0.05) is 44.2 Å². The standard InChI is InChI=1S/C20H22N2O5/c1-12(2)11-15(20(23)26-3)21-18-13-7-4-5-10-17(13)27-19-14(18)8-6-9-16(19)22(24)25/h4-10,12,15,18,21H,11H2,1-3H3/t15-,18?/m0/s1. The highest BCUT2D eigenvalue weighted by Gasteiger charge is 2.35. The minimum Gasteiger partial charge on any atom is -0.468 e. The van der Waals surface area contributed by atoms with Crippen LogP contribution >= 0.6 is 0 Å². The van der Waals surface area contributed by atoms with Gasteiger partial charge in [0.2, 0.25) is 5.75 Å². The van der Waals surface area contributed by atoms with Crippen molar-refractivity contribution < 1.29 is 19.2 Å². The van der Waals surface area contributed by atoms with Crippen molar-refractivity contribution >= 4 is 11.7 Å². The highest BCUT2D eigenvalue weighted by Crippen LogP contribution is 2.47. The molecule has 2 atom stereocenters. The van der Waals surface area contributed by atoms with Crippen LogP contribution in [0.1, 0.15) is 37.4 Å². The van der Waals surface area contributed by atoms with Crippen molar-refractivity contribution in [2.45, 2.75) is 32.4 Å². The predicted molar refractivity (Wildman–Crippen MR) is 99.9 cm³/mol. The number of hydrogen-bond donors (Lipinski definition) is 1. The number of carbonyl (C=O) groups is 1. The van der Waals surface area contributed by atoms with E-state index in [0.717, 1.165) is 5.56 Å².